The van der Waals surface area contributed by atoms with E-state index in [9.17, 15) is 14.4 Å². The Morgan fingerprint density at radius 2 is 2.10 bits per heavy atom. The summed E-state index contributed by atoms with van der Waals surface area (Å²) in [6.07, 6.45) is 0.168. The first kappa shape index (κ1) is 8.41. The number of rotatable bonds is 1. The molecule has 0 aliphatic heterocycles. The van der Waals surface area contributed by atoms with Crippen LogP contribution >= 0.6 is 0 Å². The number of hydrogen-bond donors (Lipinski definition) is 2. The molecule has 0 saturated carbocycles. The number of primary amides is 1. The molecule has 0 aliphatic rings. The van der Waals surface area contributed by atoms with Gasteiger partial charge >= 0.3 is 12.1 Å². The second-order valence-electron chi connectivity index (χ2n) is 1.46. The van der Waals surface area contributed by atoms with Gasteiger partial charge < -0.3 is 5.73 Å². The summed E-state index contributed by atoms with van der Waals surface area (Å²) < 4.78 is 0. The van der Waals surface area contributed by atoms with E-state index in [1.54, 1.807) is 5.32 Å². The number of nitrogens with one attached hydrogen (secondary N) is 1. The van der Waals surface area contributed by atoms with E-state index in [1.165, 1.54) is 0 Å². The van der Waals surface area contributed by atoms with Crippen LogP contribution in [0.1, 0.15) is 0 Å². The first-order chi connectivity index (χ1) is 4.59. The third-order valence-corrected chi connectivity index (χ3v) is 0.818. The first-order valence-electron chi connectivity index (χ1n) is 2.37. The van der Waals surface area contributed by atoms with Crippen LogP contribution in [-0.4, -0.2) is 30.4 Å². The monoisotopic (exact) mass is 145 g/mol. The van der Waals surface area contributed by atoms with Crippen molar-refractivity contribution in [3.8, 4) is 0 Å². The first-order valence-corrected chi connectivity index (χ1v) is 2.37. The summed E-state index contributed by atoms with van der Waals surface area (Å²) in [5.74, 6) is 0. The Morgan fingerprint density at radius 3 is 2.40 bits per heavy atom. The third kappa shape index (κ3) is 2.12. The second kappa shape index (κ2) is 3.44. The minimum Gasteiger partial charge on any atom is -0.351 e. The van der Waals surface area contributed by atoms with Gasteiger partial charge in [0, 0.05) is 7.05 Å². The lowest BCUT2D eigenvalue weighted by atomic mass is 10.7. The molecule has 0 saturated heterocycles. The van der Waals surface area contributed by atoms with Crippen LogP contribution in [0.5, 0.6) is 0 Å². The van der Waals surface area contributed by atoms with Crippen molar-refractivity contribution in [3.05, 3.63) is 0 Å². The van der Waals surface area contributed by atoms with Gasteiger partial charge in [-0.15, -0.1) is 0 Å². The van der Waals surface area contributed by atoms with E-state index in [-0.39, 0.29) is 6.41 Å². The fourth-order valence-corrected chi connectivity index (χ4v) is 0.247. The number of nitrogens with two attached hydrogens (primary N) is 1. The summed E-state index contributed by atoms with van der Waals surface area (Å²) >= 11 is 0. The molecule has 6 nitrogen and oxygen atoms in total. The minimum atomic E-state index is -0.917. The van der Waals surface area contributed by atoms with E-state index in [0.29, 0.717) is 4.90 Å². The fraction of sp³-hybridized carbons (Fsp3) is 0.250. The van der Waals surface area contributed by atoms with E-state index < -0.39 is 12.1 Å². The number of imide groups is 2. The SMILES string of the molecule is CN(C(N)=O)C(=O)NC=O. The molecule has 0 radical (unpaired) electrons. The smallest absolute Gasteiger partial charge is 0.331 e. The minimum absolute atomic E-state index is 0.168. The van der Waals surface area contributed by atoms with E-state index in [0.717, 1.165) is 7.05 Å². The summed E-state index contributed by atoms with van der Waals surface area (Å²) in [6, 6.07) is -1.76. The van der Waals surface area contributed by atoms with Gasteiger partial charge in [-0.1, -0.05) is 0 Å². The largest absolute Gasteiger partial charge is 0.351 e. The van der Waals surface area contributed by atoms with Crippen LogP contribution in [0, 0.1) is 0 Å². The molecule has 10 heavy (non-hydrogen) atoms. The maximum absolute atomic E-state index is 10.5. The van der Waals surface area contributed by atoms with Gasteiger partial charge in [-0.2, -0.15) is 0 Å². The lowest BCUT2D eigenvalue weighted by molar-refractivity contribution is -0.108. The molecule has 0 aromatic heterocycles. The van der Waals surface area contributed by atoms with Crippen LogP contribution in [0.3, 0.4) is 0 Å². The van der Waals surface area contributed by atoms with E-state index in [4.69, 9.17) is 0 Å². The number of carbonyl (C=O) groups is 3. The molecule has 0 aromatic carbocycles. The summed E-state index contributed by atoms with van der Waals surface area (Å²) in [4.78, 5) is 30.9. The Morgan fingerprint density at radius 1 is 1.60 bits per heavy atom. The number of hydrogen-bond acceptors (Lipinski definition) is 3. The molecule has 5 amide bonds. The van der Waals surface area contributed by atoms with Crippen LogP contribution in [0.4, 0.5) is 9.59 Å². The summed E-state index contributed by atoms with van der Waals surface area (Å²) in [5, 5.41) is 1.73. The zero-order chi connectivity index (χ0) is 8.15. The molecule has 0 spiro atoms. The molecule has 3 N–H and O–H groups in total. The zero-order valence-corrected chi connectivity index (χ0v) is 5.33. The standard InChI is InChI=1S/C4H7N3O3/c1-7(3(5)9)4(10)6-2-8/h2H,1H3,(H2,5,9)(H,6,8,10). The number of urea groups is 2. The third-order valence-electron chi connectivity index (χ3n) is 0.818. The average molecular weight is 145 g/mol. The molecule has 56 valence electrons. The van der Waals surface area contributed by atoms with Gasteiger partial charge in [0.2, 0.25) is 6.41 Å². The topological polar surface area (TPSA) is 92.5 Å². The maximum Gasteiger partial charge on any atom is 0.331 e. The van der Waals surface area contributed by atoms with Crippen molar-refractivity contribution in [2.45, 2.75) is 0 Å². The van der Waals surface area contributed by atoms with Gasteiger partial charge in [-0.3, -0.25) is 10.1 Å². The lowest BCUT2D eigenvalue weighted by Crippen LogP contribution is -2.43. The van der Waals surface area contributed by atoms with Crippen LogP contribution in [0.25, 0.3) is 0 Å². The Labute approximate surface area is 57.0 Å². The van der Waals surface area contributed by atoms with Crippen molar-refractivity contribution in [3.63, 3.8) is 0 Å². The maximum atomic E-state index is 10.5. The number of nitrogens with zero attached hydrogens (tertiary/aromatic N) is 1. The Balaban J connectivity index is 3.94. The fourth-order valence-electron chi connectivity index (χ4n) is 0.247. The van der Waals surface area contributed by atoms with E-state index in [2.05, 4.69) is 5.73 Å². The molecular weight excluding hydrogens is 138 g/mol. The average Bonchev–Trinajstić information content (AvgIpc) is 1.87. The molecule has 0 atom stereocenters. The molecule has 6 heteroatoms. The normalized spacial score (nSPS) is 8.10. The van der Waals surface area contributed by atoms with Crippen LogP contribution in [0.2, 0.25) is 0 Å². The van der Waals surface area contributed by atoms with Gasteiger partial charge in [-0.25, -0.2) is 14.5 Å². The van der Waals surface area contributed by atoms with Crippen molar-refractivity contribution >= 4 is 18.5 Å². The Bertz CT molecular complexity index is 167. The van der Waals surface area contributed by atoms with Crippen molar-refractivity contribution in [1.82, 2.24) is 10.2 Å². The highest BCUT2D eigenvalue weighted by Crippen LogP contribution is 1.79. The van der Waals surface area contributed by atoms with Gasteiger partial charge in [0.1, 0.15) is 0 Å². The quantitative estimate of drug-likeness (QED) is 0.457. The second-order valence-corrected chi connectivity index (χ2v) is 1.46. The molecule has 0 aliphatic carbocycles. The van der Waals surface area contributed by atoms with E-state index in [1.807, 2.05) is 0 Å². The van der Waals surface area contributed by atoms with Crippen molar-refractivity contribution < 1.29 is 14.4 Å². The summed E-state index contributed by atoms with van der Waals surface area (Å²) in [6.45, 7) is 0. The molecule has 0 rings (SSSR count). The van der Waals surface area contributed by atoms with Crippen LogP contribution in [0.15, 0.2) is 0 Å². The van der Waals surface area contributed by atoms with Gasteiger partial charge in [0.15, 0.2) is 0 Å². The Kier molecular flexibility index (Phi) is 2.89. The number of amides is 5. The van der Waals surface area contributed by atoms with Gasteiger partial charge in [-0.05, 0) is 0 Å². The molecule has 0 aromatic rings. The summed E-state index contributed by atoms with van der Waals surface area (Å²) in [7, 11) is 1.15. The highest BCUT2D eigenvalue weighted by atomic mass is 16.2. The molecule has 0 heterocycles. The van der Waals surface area contributed by atoms with Crippen LogP contribution < -0.4 is 11.1 Å². The predicted octanol–water partition coefficient (Wildman–Crippen LogP) is -1.14. The highest BCUT2D eigenvalue weighted by molar-refractivity contribution is 5.96. The van der Waals surface area contributed by atoms with Crippen molar-refractivity contribution in [2.75, 3.05) is 7.05 Å². The number of carbonyl (C=O) groups excluding carboxylic acids is 3. The predicted molar refractivity (Wildman–Crippen MR) is 31.9 cm³/mol. The van der Waals surface area contributed by atoms with Gasteiger partial charge in [0.25, 0.3) is 0 Å². The van der Waals surface area contributed by atoms with Gasteiger partial charge in [0.05, 0.1) is 0 Å². The molecule has 0 bridgehead atoms. The molecular formula is C4H7N3O3. The highest BCUT2D eigenvalue weighted by Gasteiger charge is 2.10. The van der Waals surface area contributed by atoms with Crippen molar-refractivity contribution in [1.29, 1.82) is 0 Å². The molecule has 0 unspecified atom stereocenters. The lowest BCUT2D eigenvalue weighted by Gasteiger charge is -2.09. The van der Waals surface area contributed by atoms with Crippen LogP contribution in [-0.2, 0) is 4.79 Å². The zero-order valence-electron chi connectivity index (χ0n) is 5.33. The van der Waals surface area contributed by atoms with Crippen molar-refractivity contribution in [2.24, 2.45) is 5.73 Å². The summed E-state index contributed by atoms with van der Waals surface area (Å²) in [5.41, 5.74) is 4.68. The molecule has 0 fully saturated rings. The van der Waals surface area contributed by atoms with E-state index >= 15 is 0 Å². The Hall–Kier alpha value is -1.59.